The first-order valence-electron chi connectivity index (χ1n) is 4.39. The van der Waals surface area contributed by atoms with Crippen LogP contribution in [0.25, 0.3) is 6.08 Å². The first-order chi connectivity index (χ1) is 6.77. The van der Waals surface area contributed by atoms with E-state index in [9.17, 15) is 4.79 Å². The minimum Gasteiger partial charge on any atom is -0.493 e. The Kier molecular flexibility index (Phi) is 2.55. The highest BCUT2D eigenvalue weighted by Gasteiger charge is 2.13. The highest BCUT2D eigenvalue weighted by molar-refractivity contribution is 6.66. The fourth-order valence-electron chi connectivity index (χ4n) is 1.56. The monoisotopic (exact) mass is 208 g/mol. The van der Waals surface area contributed by atoms with Crippen molar-refractivity contribution in [3.05, 3.63) is 35.4 Å². The van der Waals surface area contributed by atoms with Gasteiger partial charge in [-0.15, -0.1) is 0 Å². The molecule has 0 bridgehead atoms. The van der Waals surface area contributed by atoms with Crippen molar-refractivity contribution < 1.29 is 9.53 Å². The van der Waals surface area contributed by atoms with Crippen molar-refractivity contribution in [3.8, 4) is 5.75 Å². The number of halogens is 1. The molecule has 1 aromatic carbocycles. The molecule has 1 heterocycles. The van der Waals surface area contributed by atoms with Gasteiger partial charge >= 0.3 is 0 Å². The number of fused-ring (bicyclic) bond motifs is 1. The van der Waals surface area contributed by atoms with Crippen molar-refractivity contribution >= 4 is 22.9 Å². The third kappa shape index (κ3) is 1.80. The maximum absolute atomic E-state index is 10.6. The topological polar surface area (TPSA) is 26.3 Å². The summed E-state index contributed by atoms with van der Waals surface area (Å²) < 4.78 is 5.39. The molecule has 2 nitrogen and oxygen atoms in total. The van der Waals surface area contributed by atoms with Crippen LogP contribution in [0.3, 0.4) is 0 Å². The van der Waals surface area contributed by atoms with Crippen LogP contribution in [0.4, 0.5) is 0 Å². The van der Waals surface area contributed by atoms with Gasteiger partial charge in [-0.1, -0.05) is 12.1 Å². The summed E-state index contributed by atoms with van der Waals surface area (Å²) in [6.45, 7) is 0.717. The van der Waals surface area contributed by atoms with Crippen LogP contribution in [-0.2, 0) is 11.2 Å². The summed E-state index contributed by atoms with van der Waals surface area (Å²) in [6, 6.07) is 5.79. The fourth-order valence-corrected chi connectivity index (χ4v) is 1.62. The molecule has 0 amide bonds. The third-order valence-corrected chi connectivity index (χ3v) is 2.30. The molecule has 0 saturated carbocycles. The molecule has 72 valence electrons. The van der Waals surface area contributed by atoms with Crippen molar-refractivity contribution in [3.63, 3.8) is 0 Å². The van der Waals surface area contributed by atoms with E-state index in [1.54, 1.807) is 6.08 Å². The fraction of sp³-hybridized carbons (Fsp3) is 0.182. The molecular formula is C11H9ClO2. The number of carbonyl (C=O) groups is 1. The van der Waals surface area contributed by atoms with E-state index in [1.807, 2.05) is 18.2 Å². The Morgan fingerprint density at radius 2 is 2.36 bits per heavy atom. The molecule has 0 unspecified atom stereocenters. The minimum absolute atomic E-state index is 0.457. The summed E-state index contributed by atoms with van der Waals surface area (Å²) in [5.41, 5.74) is 2.16. The summed E-state index contributed by atoms with van der Waals surface area (Å²) in [5, 5.41) is -0.457. The van der Waals surface area contributed by atoms with Gasteiger partial charge in [-0.3, -0.25) is 4.79 Å². The first-order valence-corrected chi connectivity index (χ1v) is 4.77. The number of ether oxygens (including phenoxy) is 1. The summed E-state index contributed by atoms with van der Waals surface area (Å²) in [5.74, 6) is 0.911. The maximum Gasteiger partial charge on any atom is 0.245 e. The van der Waals surface area contributed by atoms with Gasteiger partial charge < -0.3 is 4.74 Å². The Bertz CT molecular complexity index is 396. The quantitative estimate of drug-likeness (QED) is 0.551. The Balaban J connectivity index is 2.35. The molecule has 0 spiro atoms. The van der Waals surface area contributed by atoms with Gasteiger partial charge in [-0.25, -0.2) is 0 Å². The first kappa shape index (κ1) is 9.28. The van der Waals surface area contributed by atoms with E-state index in [4.69, 9.17) is 16.3 Å². The lowest BCUT2D eigenvalue weighted by Crippen LogP contribution is -1.86. The number of allylic oxidation sites excluding steroid dienone is 1. The van der Waals surface area contributed by atoms with Crippen LogP contribution in [0.1, 0.15) is 11.1 Å². The van der Waals surface area contributed by atoms with Gasteiger partial charge in [-0.2, -0.15) is 0 Å². The largest absolute Gasteiger partial charge is 0.493 e. The molecule has 2 rings (SSSR count). The van der Waals surface area contributed by atoms with Crippen LogP contribution < -0.4 is 4.74 Å². The van der Waals surface area contributed by atoms with Crippen LogP contribution in [0.15, 0.2) is 24.3 Å². The van der Waals surface area contributed by atoms with Gasteiger partial charge in [0, 0.05) is 12.0 Å². The Morgan fingerprint density at radius 1 is 1.50 bits per heavy atom. The molecule has 1 aliphatic rings. The molecule has 3 heteroatoms. The third-order valence-electron chi connectivity index (χ3n) is 2.17. The van der Waals surface area contributed by atoms with Crippen LogP contribution in [0.2, 0.25) is 0 Å². The lowest BCUT2D eigenvalue weighted by atomic mass is 10.1. The van der Waals surface area contributed by atoms with Crippen molar-refractivity contribution in [1.82, 2.24) is 0 Å². The average Bonchev–Trinajstić information content (AvgIpc) is 2.62. The number of hydrogen-bond acceptors (Lipinski definition) is 2. The minimum atomic E-state index is -0.457. The number of benzene rings is 1. The van der Waals surface area contributed by atoms with Gasteiger partial charge in [0.25, 0.3) is 0 Å². The highest BCUT2D eigenvalue weighted by atomic mass is 35.5. The molecule has 0 saturated heterocycles. The van der Waals surface area contributed by atoms with Gasteiger partial charge in [0.1, 0.15) is 5.75 Å². The van der Waals surface area contributed by atoms with Crippen LogP contribution in [-0.4, -0.2) is 11.8 Å². The summed E-state index contributed by atoms with van der Waals surface area (Å²) in [6.07, 6.45) is 3.98. The zero-order valence-corrected chi connectivity index (χ0v) is 8.25. The molecule has 1 aromatic rings. The lowest BCUT2D eigenvalue weighted by molar-refractivity contribution is -0.107. The lowest BCUT2D eigenvalue weighted by Gasteiger charge is -2.00. The van der Waals surface area contributed by atoms with E-state index in [0.29, 0.717) is 0 Å². The van der Waals surface area contributed by atoms with Crippen LogP contribution in [0, 0.1) is 0 Å². The van der Waals surface area contributed by atoms with E-state index in [1.165, 1.54) is 6.08 Å². The molecule has 0 radical (unpaired) electrons. The van der Waals surface area contributed by atoms with Gasteiger partial charge in [-0.05, 0) is 35.4 Å². The summed E-state index contributed by atoms with van der Waals surface area (Å²) in [4.78, 5) is 10.6. The zero-order chi connectivity index (χ0) is 9.97. The smallest absolute Gasteiger partial charge is 0.245 e. The SMILES string of the molecule is O=C(Cl)/C=C/c1cccc2c1CCO2. The van der Waals surface area contributed by atoms with E-state index in [2.05, 4.69) is 0 Å². The number of rotatable bonds is 2. The van der Waals surface area contributed by atoms with E-state index >= 15 is 0 Å². The molecule has 0 aliphatic carbocycles. The molecule has 0 N–H and O–H groups in total. The predicted octanol–water partition coefficient (Wildman–Crippen LogP) is 2.40. The molecule has 14 heavy (non-hydrogen) atoms. The second-order valence-corrected chi connectivity index (χ2v) is 3.43. The van der Waals surface area contributed by atoms with Gasteiger partial charge in [0.15, 0.2) is 0 Å². The molecule has 0 aromatic heterocycles. The highest BCUT2D eigenvalue weighted by Crippen LogP contribution is 2.28. The standard InChI is InChI=1S/C11H9ClO2/c12-11(13)5-4-8-2-1-3-10-9(8)6-7-14-10/h1-5H,6-7H2/b5-4+. The second kappa shape index (κ2) is 3.84. The Hall–Kier alpha value is -1.28. The number of carbonyl (C=O) groups excluding carboxylic acids is 1. The van der Waals surface area contributed by atoms with Crippen molar-refractivity contribution in [2.75, 3.05) is 6.61 Å². The van der Waals surface area contributed by atoms with Crippen molar-refractivity contribution in [2.45, 2.75) is 6.42 Å². The van der Waals surface area contributed by atoms with Crippen LogP contribution in [0.5, 0.6) is 5.75 Å². The average molecular weight is 209 g/mol. The van der Waals surface area contributed by atoms with Gasteiger partial charge in [0.2, 0.25) is 5.24 Å². The van der Waals surface area contributed by atoms with Crippen molar-refractivity contribution in [2.24, 2.45) is 0 Å². The molecule has 1 aliphatic heterocycles. The predicted molar refractivity (Wildman–Crippen MR) is 55.5 cm³/mol. The van der Waals surface area contributed by atoms with E-state index < -0.39 is 5.24 Å². The summed E-state index contributed by atoms with van der Waals surface area (Å²) in [7, 11) is 0. The molecule has 0 fully saturated rings. The summed E-state index contributed by atoms with van der Waals surface area (Å²) >= 11 is 5.22. The van der Waals surface area contributed by atoms with Crippen LogP contribution >= 0.6 is 11.6 Å². The second-order valence-electron chi connectivity index (χ2n) is 3.06. The number of hydrogen-bond donors (Lipinski definition) is 0. The van der Waals surface area contributed by atoms with E-state index in [0.717, 1.165) is 29.9 Å². The van der Waals surface area contributed by atoms with Gasteiger partial charge in [0.05, 0.1) is 6.61 Å². The molecular weight excluding hydrogens is 200 g/mol. The zero-order valence-electron chi connectivity index (χ0n) is 7.50. The van der Waals surface area contributed by atoms with E-state index in [-0.39, 0.29) is 0 Å². The maximum atomic E-state index is 10.6. The Labute approximate surface area is 87.1 Å². The molecule has 0 atom stereocenters. The van der Waals surface area contributed by atoms with Crippen molar-refractivity contribution in [1.29, 1.82) is 0 Å². The normalized spacial score (nSPS) is 14.1. The Morgan fingerprint density at radius 3 is 3.14 bits per heavy atom.